The summed E-state index contributed by atoms with van der Waals surface area (Å²) in [6.07, 6.45) is 6.16. The first-order chi connectivity index (χ1) is 15.8. The number of carboxylic acid groups (broad SMARTS) is 1. The van der Waals surface area contributed by atoms with Crippen molar-refractivity contribution < 1.29 is 30.3 Å². The molecule has 3 heterocycles. The first-order valence-electron chi connectivity index (χ1n) is 9.72. The molecule has 3 rings (SSSR count). The van der Waals surface area contributed by atoms with Gasteiger partial charge in [-0.1, -0.05) is 21.6 Å². The molecule has 0 fully saturated rings. The summed E-state index contributed by atoms with van der Waals surface area (Å²) in [5, 5.41) is 47.0. The van der Waals surface area contributed by atoms with Gasteiger partial charge in [-0.3, -0.25) is 15.0 Å². The van der Waals surface area contributed by atoms with Crippen LogP contribution in [-0.4, -0.2) is 46.5 Å². The first-order valence-corrected chi connectivity index (χ1v) is 12.2. The molecule has 0 aromatic carbocycles. The van der Waals surface area contributed by atoms with Crippen LogP contribution in [0.3, 0.4) is 0 Å². The molecule has 0 bridgehead atoms. The van der Waals surface area contributed by atoms with Crippen LogP contribution in [0, 0.1) is 13.8 Å². The van der Waals surface area contributed by atoms with Crippen molar-refractivity contribution in [2.75, 3.05) is 0 Å². The Morgan fingerprint density at radius 3 is 1.70 bits per heavy atom. The summed E-state index contributed by atoms with van der Waals surface area (Å²) in [4.78, 5) is 22.0. The van der Waals surface area contributed by atoms with Crippen LogP contribution >= 0.6 is 21.6 Å². The molecule has 3 aromatic heterocycles. The van der Waals surface area contributed by atoms with Gasteiger partial charge in [0.05, 0.1) is 30.2 Å². The molecule has 0 spiro atoms. The molecular weight excluding hydrogens is 466 g/mol. The summed E-state index contributed by atoms with van der Waals surface area (Å²) in [5.41, 5.74) is 3.78. The number of hydrogen-bond acceptors (Lipinski definition) is 10. The Morgan fingerprint density at radius 1 is 0.879 bits per heavy atom. The largest absolute Gasteiger partial charge is 0.506 e. The second kappa shape index (κ2) is 13.0. The summed E-state index contributed by atoms with van der Waals surface area (Å²) >= 11 is 0. The molecule has 0 unspecified atom stereocenters. The SMILES string of the molecule is Cc1ncc(CSSCc2cnc(C)c(O)c2CO)c(CO)c1O.O=C(O)c1cccnc1. The number of aryl methyl sites for hydroxylation is 2. The van der Waals surface area contributed by atoms with E-state index in [-0.39, 0.29) is 30.3 Å². The first kappa shape index (κ1) is 26.4. The minimum Gasteiger partial charge on any atom is -0.506 e. The van der Waals surface area contributed by atoms with Gasteiger partial charge in [-0.15, -0.1) is 0 Å². The van der Waals surface area contributed by atoms with Crippen molar-refractivity contribution in [1.82, 2.24) is 15.0 Å². The molecule has 0 aliphatic rings. The van der Waals surface area contributed by atoms with Crippen LogP contribution in [0.4, 0.5) is 0 Å². The summed E-state index contributed by atoms with van der Waals surface area (Å²) in [5.74, 6) is 0.275. The molecule has 0 saturated carbocycles. The van der Waals surface area contributed by atoms with Crippen LogP contribution in [-0.2, 0) is 24.7 Å². The summed E-state index contributed by atoms with van der Waals surface area (Å²) in [7, 11) is 3.08. The van der Waals surface area contributed by atoms with Gasteiger partial charge in [0.1, 0.15) is 11.5 Å². The van der Waals surface area contributed by atoms with Crippen LogP contribution in [0.15, 0.2) is 36.9 Å². The zero-order valence-electron chi connectivity index (χ0n) is 18.1. The minimum absolute atomic E-state index is 0.0378. The normalized spacial score (nSPS) is 10.4. The van der Waals surface area contributed by atoms with E-state index in [9.17, 15) is 25.2 Å². The lowest BCUT2D eigenvalue weighted by atomic mass is 10.1. The number of hydrogen-bond donors (Lipinski definition) is 5. The van der Waals surface area contributed by atoms with E-state index in [0.29, 0.717) is 34.0 Å². The number of carbonyl (C=O) groups is 1. The number of nitrogens with zero attached hydrogens (tertiary/aromatic N) is 3. The van der Waals surface area contributed by atoms with Gasteiger partial charge in [0.2, 0.25) is 0 Å². The zero-order chi connectivity index (χ0) is 24.4. The smallest absolute Gasteiger partial charge is 0.337 e. The Labute approximate surface area is 199 Å². The Kier molecular flexibility index (Phi) is 10.4. The molecule has 3 aromatic rings. The minimum atomic E-state index is -0.942. The van der Waals surface area contributed by atoms with Crippen molar-refractivity contribution in [2.45, 2.75) is 38.6 Å². The molecule has 11 heteroatoms. The number of carboxylic acids is 1. The highest BCUT2D eigenvalue weighted by atomic mass is 33.1. The molecule has 5 N–H and O–H groups in total. The van der Waals surface area contributed by atoms with Crippen molar-refractivity contribution in [3.63, 3.8) is 0 Å². The number of aromatic hydroxyl groups is 2. The standard InChI is InChI=1S/C16H20N2O4S2.C6H5NO2/c1-9-15(21)13(5-19)11(3-17-9)7-23-24-8-12-4-18-10(2)16(22)14(12)6-20;8-6(9)5-2-1-3-7-4-5/h3-4,19-22H,5-8H2,1-2H3;1-4H,(H,8,9). The van der Waals surface area contributed by atoms with Gasteiger partial charge in [0.25, 0.3) is 0 Å². The van der Waals surface area contributed by atoms with Crippen molar-refractivity contribution >= 4 is 27.6 Å². The van der Waals surface area contributed by atoms with E-state index < -0.39 is 5.97 Å². The number of aliphatic hydroxyl groups excluding tert-OH is 2. The van der Waals surface area contributed by atoms with E-state index in [4.69, 9.17) is 5.11 Å². The van der Waals surface area contributed by atoms with E-state index in [1.165, 1.54) is 40.0 Å². The molecule has 9 nitrogen and oxygen atoms in total. The zero-order valence-corrected chi connectivity index (χ0v) is 19.7. The van der Waals surface area contributed by atoms with E-state index >= 15 is 0 Å². The maximum Gasteiger partial charge on any atom is 0.337 e. The van der Waals surface area contributed by atoms with Crippen molar-refractivity contribution in [2.24, 2.45) is 0 Å². The quantitative estimate of drug-likeness (QED) is 0.232. The second-order valence-corrected chi connectivity index (χ2v) is 9.24. The third-order valence-corrected chi connectivity index (χ3v) is 6.83. The molecule has 0 amide bonds. The molecular formula is C22H25N3O6S2. The summed E-state index contributed by atoms with van der Waals surface area (Å²) in [6, 6.07) is 3.08. The van der Waals surface area contributed by atoms with E-state index in [1.54, 1.807) is 32.3 Å². The molecule has 0 atom stereocenters. The summed E-state index contributed by atoms with van der Waals surface area (Å²) < 4.78 is 0. The summed E-state index contributed by atoms with van der Waals surface area (Å²) in [6.45, 7) is 2.90. The van der Waals surface area contributed by atoms with Gasteiger partial charge in [-0.05, 0) is 37.1 Å². The van der Waals surface area contributed by atoms with Gasteiger partial charge in [0, 0.05) is 47.4 Å². The Balaban J connectivity index is 0.000000357. The molecule has 33 heavy (non-hydrogen) atoms. The van der Waals surface area contributed by atoms with E-state index in [2.05, 4.69) is 15.0 Å². The number of aromatic carboxylic acids is 1. The lowest BCUT2D eigenvalue weighted by Crippen LogP contribution is -1.98. The van der Waals surface area contributed by atoms with Crippen LogP contribution < -0.4 is 0 Å². The fraction of sp³-hybridized carbons (Fsp3) is 0.273. The van der Waals surface area contributed by atoms with Crippen molar-refractivity contribution in [3.8, 4) is 11.5 Å². The molecule has 176 valence electrons. The van der Waals surface area contributed by atoms with Gasteiger partial charge >= 0.3 is 5.97 Å². The number of aliphatic hydroxyl groups is 2. The fourth-order valence-electron chi connectivity index (χ4n) is 2.67. The number of rotatable bonds is 8. The molecule has 0 radical (unpaired) electrons. The highest BCUT2D eigenvalue weighted by molar-refractivity contribution is 8.76. The Morgan fingerprint density at radius 2 is 1.36 bits per heavy atom. The Hall–Kier alpha value is -2.86. The average molecular weight is 492 g/mol. The highest BCUT2D eigenvalue weighted by Crippen LogP contribution is 2.35. The van der Waals surface area contributed by atoms with Gasteiger partial charge in [-0.25, -0.2) is 4.79 Å². The maximum absolute atomic E-state index is 10.2. The van der Waals surface area contributed by atoms with Crippen LogP contribution in [0.2, 0.25) is 0 Å². The lowest BCUT2D eigenvalue weighted by Gasteiger charge is -2.12. The van der Waals surface area contributed by atoms with E-state index in [0.717, 1.165) is 11.1 Å². The number of pyridine rings is 3. The van der Waals surface area contributed by atoms with Gasteiger partial charge in [0.15, 0.2) is 0 Å². The van der Waals surface area contributed by atoms with Crippen LogP contribution in [0.25, 0.3) is 0 Å². The van der Waals surface area contributed by atoms with Crippen LogP contribution in [0.5, 0.6) is 11.5 Å². The average Bonchev–Trinajstić information content (AvgIpc) is 2.82. The predicted molar refractivity (Wildman–Crippen MR) is 127 cm³/mol. The monoisotopic (exact) mass is 491 g/mol. The number of aromatic nitrogens is 3. The van der Waals surface area contributed by atoms with Crippen molar-refractivity contribution in [1.29, 1.82) is 0 Å². The van der Waals surface area contributed by atoms with E-state index in [1.807, 2.05) is 0 Å². The third-order valence-electron chi connectivity index (χ3n) is 4.60. The fourth-order valence-corrected chi connectivity index (χ4v) is 4.85. The van der Waals surface area contributed by atoms with Crippen molar-refractivity contribution in [3.05, 3.63) is 76.1 Å². The highest BCUT2D eigenvalue weighted by Gasteiger charge is 2.13. The molecule has 0 aliphatic carbocycles. The topological polar surface area (TPSA) is 157 Å². The lowest BCUT2D eigenvalue weighted by molar-refractivity contribution is 0.0696. The van der Waals surface area contributed by atoms with Gasteiger partial charge in [-0.2, -0.15) is 0 Å². The second-order valence-electron chi connectivity index (χ2n) is 6.78. The molecule has 0 saturated heterocycles. The Bertz CT molecular complexity index is 1020. The van der Waals surface area contributed by atoms with Crippen LogP contribution in [0.1, 0.15) is 44.0 Å². The maximum atomic E-state index is 10.2. The molecule has 0 aliphatic heterocycles. The predicted octanol–water partition coefficient (Wildman–Crippen LogP) is 3.35. The van der Waals surface area contributed by atoms with Gasteiger partial charge < -0.3 is 25.5 Å². The third kappa shape index (κ3) is 7.32.